The van der Waals surface area contributed by atoms with Crippen LogP contribution >= 0.6 is 23.2 Å². The molecule has 0 aromatic heterocycles. The molecule has 78 valence electrons. The zero-order valence-corrected chi connectivity index (χ0v) is 9.13. The Hall–Kier alpha value is -0.520. The van der Waals surface area contributed by atoms with E-state index in [9.17, 15) is 12.8 Å². The molecule has 0 unspecified atom stereocenters. The predicted molar refractivity (Wildman–Crippen MR) is 54.7 cm³/mol. The second-order valence-corrected chi connectivity index (χ2v) is 5.16. The van der Waals surface area contributed by atoms with E-state index in [-0.39, 0.29) is 10.7 Å². The van der Waals surface area contributed by atoms with Crippen molar-refractivity contribution in [2.75, 3.05) is 9.93 Å². The number of sulfonamides is 1. The molecule has 14 heavy (non-hydrogen) atoms. The summed E-state index contributed by atoms with van der Waals surface area (Å²) >= 11 is 10.8. The summed E-state index contributed by atoms with van der Waals surface area (Å²) in [4.78, 5) is 0. The van der Waals surface area contributed by atoms with Gasteiger partial charge in [-0.2, -0.15) is 0 Å². The highest BCUT2D eigenvalue weighted by Gasteiger charge is 2.11. The Morgan fingerprint density at radius 1 is 1.43 bits per heavy atom. The molecule has 0 fully saturated rings. The topological polar surface area (TPSA) is 46.2 Å². The highest BCUT2D eigenvalue weighted by Crippen LogP contribution is 2.23. The van der Waals surface area contributed by atoms with Gasteiger partial charge in [0.2, 0.25) is 10.0 Å². The average Bonchev–Trinajstić information content (AvgIpc) is 2.11. The smallest absolute Gasteiger partial charge is 0.246 e. The predicted octanol–water partition coefficient (Wildman–Crippen LogP) is 2.42. The summed E-state index contributed by atoms with van der Waals surface area (Å²) < 4.78 is 36.8. The lowest BCUT2D eigenvalue weighted by Crippen LogP contribution is -2.13. The summed E-state index contributed by atoms with van der Waals surface area (Å²) in [5.41, 5.74) is -0.0210. The molecule has 0 bridgehead atoms. The number of hydrogen-bond donors (Lipinski definition) is 1. The Morgan fingerprint density at radius 3 is 2.64 bits per heavy atom. The summed E-state index contributed by atoms with van der Waals surface area (Å²) in [5.74, 6) is -0.582. The molecule has 1 aromatic rings. The van der Waals surface area contributed by atoms with E-state index >= 15 is 0 Å². The molecule has 7 heteroatoms. The first kappa shape index (κ1) is 11.6. The van der Waals surface area contributed by atoms with E-state index in [0.717, 1.165) is 12.1 Å². The number of benzene rings is 1. The van der Waals surface area contributed by atoms with Crippen LogP contribution in [0.3, 0.4) is 0 Å². The first-order chi connectivity index (χ1) is 6.44. The van der Waals surface area contributed by atoms with Gasteiger partial charge in [0.15, 0.2) is 0 Å². The van der Waals surface area contributed by atoms with Crippen molar-refractivity contribution in [3.63, 3.8) is 0 Å². The van der Waals surface area contributed by atoms with Gasteiger partial charge in [0.25, 0.3) is 0 Å². The average molecular weight is 258 g/mol. The Bertz CT molecular complexity index is 435. The molecule has 0 spiro atoms. The minimum atomic E-state index is -3.65. The van der Waals surface area contributed by atoms with Gasteiger partial charge in [0.1, 0.15) is 11.0 Å². The maximum Gasteiger partial charge on any atom is 0.246 e. The third-order valence-electron chi connectivity index (χ3n) is 1.34. The van der Waals surface area contributed by atoms with Crippen molar-refractivity contribution in [1.29, 1.82) is 0 Å². The van der Waals surface area contributed by atoms with Crippen molar-refractivity contribution in [2.45, 2.75) is 0 Å². The van der Waals surface area contributed by atoms with Gasteiger partial charge in [0.05, 0.1) is 10.7 Å². The maximum atomic E-state index is 12.7. The second kappa shape index (κ2) is 4.33. The molecular weight excluding hydrogens is 252 g/mol. The molecule has 1 aromatic carbocycles. The number of halogens is 3. The fourth-order valence-electron chi connectivity index (χ4n) is 0.771. The zero-order valence-electron chi connectivity index (χ0n) is 6.80. The molecular formula is C7H6Cl2FNO2S. The number of alkyl halides is 1. The van der Waals surface area contributed by atoms with E-state index in [1.165, 1.54) is 6.07 Å². The van der Waals surface area contributed by atoms with Gasteiger partial charge in [-0.1, -0.05) is 11.6 Å². The van der Waals surface area contributed by atoms with Crippen molar-refractivity contribution in [3.8, 4) is 0 Å². The van der Waals surface area contributed by atoms with Crippen molar-refractivity contribution >= 4 is 38.9 Å². The molecule has 0 amide bonds. The molecule has 0 aliphatic rings. The quantitative estimate of drug-likeness (QED) is 0.846. The lowest BCUT2D eigenvalue weighted by molar-refractivity contribution is 0.605. The lowest BCUT2D eigenvalue weighted by atomic mass is 10.3. The SMILES string of the molecule is O=S(=O)(CCl)Nc1cc(F)ccc1Cl. The normalized spacial score (nSPS) is 11.4. The Kier molecular flexibility index (Phi) is 3.58. The Morgan fingerprint density at radius 2 is 2.07 bits per heavy atom. The number of rotatable bonds is 3. The number of hydrogen-bond acceptors (Lipinski definition) is 2. The van der Waals surface area contributed by atoms with Gasteiger partial charge in [0, 0.05) is 0 Å². The molecule has 0 heterocycles. The van der Waals surface area contributed by atoms with Gasteiger partial charge in [-0.25, -0.2) is 12.8 Å². The van der Waals surface area contributed by atoms with Gasteiger partial charge in [-0.3, -0.25) is 4.72 Å². The van der Waals surface area contributed by atoms with Crippen LogP contribution in [0.25, 0.3) is 0 Å². The van der Waals surface area contributed by atoms with Crippen molar-refractivity contribution < 1.29 is 12.8 Å². The van der Waals surface area contributed by atoms with Gasteiger partial charge < -0.3 is 0 Å². The number of nitrogens with one attached hydrogen (secondary N) is 1. The number of anilines is 1. The molecule has 0 saturated heterocycles. The van der Waals surface area contributed by atoms with Gasteiger partial charge in [-0.15, -0.1) is 11.6 Å². The first-order valence-corrected chi connectivity index (χ1v) is 6.02. The summed E-state index contributed by atoms with van der Waals surface area (Å²) in [6.07, 6.45) is 0. The fraction of sp³-hybridized carbons (Fsp3) is 0.143. The maximum absolute atomic E-state index is 12.7. The summed E-state index contributed by atoms with van der Waals surface area (Å²) in [6, 6.07) is 3.36. The van der Waals surface area contributed by atoms with Crippen LogP contribution in [0.4, 0.5) is 10.1 Å². The van der Waals surface area contributed by atoms with Crippen molar-refractivity contribution in [2.24, 2.45) is 0 Å². The zero-order chi connectivity index (χ0) is 10.8. The molecule has 0 saturated carbocycles. The standard InChI is InChI=1S/C7H6Cl2FNO2S/c8-4-14(12,13)11-7-3-5(10)1-2-6(7)9/h1-3,11H,4H2. The monoisotopic (exact) mass is 257 g/mol. The van der Waals surface area contributed by atoms with E-state index in [1.807, 2.05) is 4.72 Å². The first-order valence-electron chi connectivity index (χ1n) is 3.46. The fourth-order valence-corrected chi connectivity index (χ4v) is 1.71. The Labute approximate surface area is 90.9 Å². The third-order valence-corrected chi connectivity index (χ3v) is 3.35. The van der Waals surface area contributed by atoms with Crippen molar-refractivity contribution in [1.82, 2.24) is 0 Å². The van der Waals surface area contributed by atoms with Crippen LogP contribution in [0.2, 0.25) is 5.02 Å². The van der Waals surface area contributed by atoms with E-state index < -0.39 is 21.1 Å². The van der Waals surface area contributed by atoms with Crippen LogP contribution in [0, 0.1) is 5.82 Å². The van der Waals surface area contributed by atoms with E-state index in [2.05, 4.69) is 0 Å². The molecule has 1 N–H and O–H groups in total. The van der Waals surface area contributed by atoms with Crippen LogP contribution in [0.15, 0.2) is 18.2 Å². The largest absolute Gasteiger partial charge is 0.281 e. The second-order valence-electron chi connectivity index (χ2n) is 2.45. The highest BCUT2D eigenvalue weighted by atomic mass is 35.5. The van der Waals surface area contributed by atoms with E-state index in [4.69, 9.17) is 23.2 Å². The van der Waals surface area contributed by atoms with Gasteiger partial charge >= 0.3 is 0 Å². The molecule has 0 aliphatic carbocycles. The lowest BCUT2D eigenvalue weighted by Gasteiger charge is -2.06. The minimum Gasteiger partial charge on any atom is -0.281 e. The molecule has 3 nitrogen and oxygen atoms in total. The molecule has 1 rings (SSSR count). The summed E-state index contributed by atoms with van der Waals surface area (Å²) in [7, 11) is -3.65. The molecule has 0 aliphatic heterocycles. The van der Waals surface area contributed by atoms with Crippen LogP contribution in [-0.2, 0) is 10.0 Å². The molecule has 0 atom stereocenters. The van der Waals surface area contributed by atoms with E-state index in [0.29, 0.717) is 0 Å². The van der Waals surface area contributed by atoms with Crippen LogP contribution in [0.5, 0.6) is 0 Å². The Balaban J connectivity index is 3.03. The van der Waals surface area contributed by atoms with Gasteiger partial charge in [-0.05, 0) is 18.2 Å². The summed E-state index contributed by atoms with van der Waals surface area (Å²) in [6.45, 7) is 0. The minimum absolute atomic E-state index is 0.0210. The molecule has 0 radical (unpaired) electrons. The van der Waals surface area contributed by atoms with Crippen LogP contribution < -0.4 is 4.72 Å². The van der Waals surface area contributed by atoms with Crippen molar-refractivity contribution in [3.05, 3.63) is 29.0 Å². The van der Waals surface area contributed by atoms with E-state index in [1.54, 1.807) is 0 Å². The highest BCUT2D eigenvalue weighted by molar-refractivity contribution is 7.93. The van der Waals surface area contributed by atoms with Crippen LogP contribution in [-0.4, -0.2) is 13.6 Å². The van der Waals surface area contributed by atoms with Crippen LogP contribution in [0.1, 0.15) is 0 Å². The third kappa shape index (κ3) is 3.01. The summed E-state index contributed by atoms with van der Waals surface area (Å²) in [5, 5.41) is -0.500.